The summed E-state index contributed by atoms with van der Waals surface area (Å²) in [6.07, 6.45) is -2.32. The molecule has 1 aromatic rings. The molecule has 1 heterocycles. The third kappa shape index (κ3) is 4.51. The summed E-state index contributed by atoms with van der Waals surface area (Å²) in [5.41, 5.74) is 0.121. The average Bonchev–Trinajstić information content (AvgIpc) is 2.85. The summed E-state index contributed by atoms with van der Waals surface area (Å²) in [7, 11) is 0. The van der Waals surface area contributed by atoms with E-state index in [2.05, 4.69) is 0 Å². The van der Waals surface area contributed by atoms with Crippen molar-refractivity contribution in [1.82, 2.24) is 0 Å². The van der Waals surface area contributed by atoms with E-state index in [1.165, 1.54) is 20.8 Å². The van der Waals surface area contributed by atoms with E-state index < -0.39 is 42.0 Å². The lowest BCUT2D eigenvalue weighted by molar-refractivity contribution is -0.239. The Bertz CT molecular complexity index is 725. The van der Waals surface area contributed by atoms with Gasteiger partial charge in [0.2, 0.25) is 12.4 Å². The van der Waals surface area contributed by atoms with Crippen molar-refractivity contribution in [2.24, 2.45) is 0 Å². The van der Waals surface area contributed by atoms with Crippen LogP contribution in [-0.2, 0) is 44.7 Å². The van der Waals surface area contributed by atoms with Crippen LogP contribution in [0.5, 0.6) is 0 Å². The van der Waals surface area contributed by atoms with Crippen LogP contribution in [0.25, 0.3) is 0 Å². The smallest absolute Gasteiger partial charge is 0.305 e. The van der Waals surface area contributed by atoms with Crippen molar-refractivity contribution in [1.29, 1.82) is 0 Å². The molecule has 0 radical (unpaired) electrons. The maximum Gasteiger partial charge on any atom is 0.305 e. The third-order valence-corrected chi connectivity index (χ3v) is 4.79. The van der Waals surface area contributed by atoms with Crippen molar-refractivity contribution in [2.75, 3.05) is 0 Å². The second-order valence-corrected chi connectivity index (χ2v) is 7.09. The molecule has 0 amide bonds. The maximum atomic E-state index is 11.6. The lowest BCUT2D eigenvalue weighted by Gasteiger charge is -2.46. The van der Waals surface area contributed by atoms with Crippen LogP contribution >= 0.6 is 0 Å². The summed E-state index contributed by atoms with van der Waals surface area (Å²) in [4.78, 5) is 34.6. The molecule has 3 rings (SSSR count). The Kier molecular flexibility index (Phi) is 6.00. The van der Waals surface area contributed by atoms with E-state index in [4.69, 9.17) is 23.7 Å². The Labute approximate surface area is 163 Å². The van der Waals surface area contributed by atoms with Gasteiger partial charge in [-0.1, -0.05) is 30.3 Å². The molecular formula is C20H24O8. The molecule has 0 unspecified atom stereocenters. The predicted molar refractivity (Wildman–Crippen MR) is 94.7 cm³/mol. The van der Waals surface area contributed by atoms with Crippen molar-refractivity contribution in [3.8, 4) is 0 Å². The van der Waals surface area contributed by atoms with E-state index in [1.54, 1.807) is 0 Å². The molecule has 0 N–H and O–H groups in total. The highest BCUT2D eigenvalue weighted by atomic mass is 16.8. The molecular weight excluding hydrogens is 368 g/mol. The number of carbonyl (C=O) groups excluding carboxylic acids is 3. The van der Waals surface area contributed by atoms with Crippen LogP contribution in [0.1, 0.15) is 39.2 Å². The van der Waals surface area contributed by atoms with Crippen LogP contribution in [-0.4, -0.2) is 48.1 Å². The standard InChI is InChI=1S/C20H24O8/c1-12(21)25-17-18(26-13(2)22)20(28-19(17)27-14(3)23)9-16(10-20)24-11-15-7-5-4-6-8-15/h4-8,16-19H,9-11H2,1-3H3/t16?,17-,18+,19-,20?/m1/s1. The van der Waals surface area contributed by atoms with Gasteiger partial charge in [0, 0.05) is 33.6 Å². The number of benzene rings is 1. The lowest BCUT2D eigenvalue weighted by atomic mass is 9.73. The van der Waals surface area contributed by atoms with Gasteiger partial charge >= 0.3 is 17.9 Å². The topological polar surface area (TPSA) is 97.4 Å². The van der Waals surface area contributed by atoms with Crippen LogP contribution in [0.15, 0.2) is 30.3 Å². The normalized spacial score (nSPS) is 31.1. The molecule has 1 aliphatic carbocycles. The van der Waals surface area contributed by atoms with Gasteiger partial charge in [-0.05, 0) is 5.56 Å². The zero-order valence-electron chi connectivity index (χ0n) is 16.1. The molecule has 8 nitrogen and oxygen atoms in total. The van der Waals surface area contributed by atoms with Crippen LogP contribution in [0.2, 0.25) is 0 Å². The maximum absolute atomic E-state index is 11.6. The molecule has 1 saturated heterocycles. The summed E-state index contributed by atoms with van der Waals surface area (Å²) in [5.74, 6) is -1.71. The Morgan fingerprint density at radius 3 is 2.14 bits per heavy atom. The molecule has 3 atom stereocenters. The second-order valence-electron chi connectivity index (χ2n) is 7.09. The molecule has 28 heavy (non-hydrogen) atoms. The van der Waals surface area contributed by atoms with Gasteiger partial charge in [-0.3, -0.25) is 14.4 Å². The summed E-state index contributed by atoms with van der Waals surface area (Å²) >= 11 is 0. The number of hydrogen-bond donors (Lipinski definition) is 0. The second kappa shape index (κ2) is 8.28. The van der Waals surface area contributed by atoms with Gasteiger partial charge in [0.05, 0.1) is 12.7 Å². The summed E-state index contributed by atoms with van der Waals surface area (Å²) in [6.45, 7) is 4.17. The number of rotatable bonds is 6. The van der Waals surface area contributed by atoms with Crippen molar-refractivity contribution >= 4 is 17.9 Å². The minimum absolute atomic E-state index is 0.118. The number of carbonyl (C=O) groups is 3. The van der Waals surface area contributed by atoms with Gasteiger partial charge in [-0.15, -0.1) is 0 Å². The molecule has 152 valence electrons. The van der Waals surface area contributed by atoms with Gasteiger partial charge in [-0.2, -0.15) is 0 Å². The Hall–Kier alpha value is -2.45. The molecule has 8 heteroatoms. The van der Waals surface area contributed by atoms with Gasteiger partial charge in [0.25, 0.3) is 0 Å². The number of hydrogen-bond acceptors (Lipinski definition) is 8. The van der Waals surface area contributed by atoms with E-state index >= 15 is 0 Å². The predicted octanol–water partition coefficient (Wildman–Crippen LogP) is 1.89. The highest BCUT2D eigenvalue weighted by Crippen LogP contribution is 2.50. The number of esters is 3. The van der Waals surface area contributed by atoms with E-state index in [1.807, 2.05) is 30.3 Å². The summed E-state index contributed by atoms with van der Waals surface area (Å²) < 4.78 is 27.7. The Morgan fingerprint density at radius 1 is 0.964 bits per heavy atom. The molecule has 0 aromatic heterocycles. The van der Waals surface area contributed by atoms with Crippen LogP contribution < -0.4 is 0 Å². The highest BCUT2D eigenvalue weighted by molar-refractivity contribution is 5.68. The van der Waals surface area contributed by atoms with Crippen molar-refractivity contribution in [2.45, 2.75) is 70.4 Å². The fraction of sp³-hybridized carbons (Fsp3) is 0.550. The highest BCUT2D eigenvalue weighted by Gasteiger charge is 2.66. The van der Waals surface area contributed by atoms with Crippen LogP contribution in [0, 0.1) is 0 Å². The van der Waals surface area contributed by atoms with E-state index in [0.29, 0.717) is 19.4 Å². The molecule has 0 bridgehead atoms. The fourth-order valence-electron chi connectivity index (χ4n) is 3.67. The quantitative estimate of drug-likeness (QED) is 0.535. The zero-order chi connectivity index (χ0) is 20.3. The molecule has 2 aliphatic rings. The van der Waals surface area contributed by atoms with Crippen LogP contribution in [0.4, 0.5) is 0 Å². The Morgan fingerprint density at radius 2 is 1.57 bits per heavy atom. The van der Waals surface area contributed by atoms with Gasteiger partial charge in [0.15, 0.2) is 6.10 Å². The minimum atomic E-state index is -1.14. The van der Waals surface area contributed by atoms with Crippen molar-refractivity contribution in [3.63, 3.8) is 0 Å². The SMILES string of the molecule is CC(=O)O[C@@H]1OC2(CC(OCc3ccccc3)C2)[C@@H](OC(C)=O)[C@H]1OC(C)=O. The monoisotopic (exact) mass is 392 g/mol. The molecule has 1 aromatic carbocycles. The first kappa shape index (κ1) is 20.3. The van der Waals surface area contributed by atoms with Gasteiger partial charge in [-0.25, -0.2) is 0 Å². The third-order valence-electron chi connectivity index (χ3n) is 4.79. The van der Waals surface area contributed by atoms with E-state index in [0.717, 1.165) is 5.56 Å². The average molecular weight is 392 g/mol. The first-order valence-corrected chi connectivity index (χ1v) is 9.14. The van der Waals surface area contributed by atoms with Crippen molar-refractivity contribution in [3.05, 3.63) is 35.9 Å². The molecule has 2 fully saturated rings. The van der Waals surface area contributed by atoms with Crippen LogP contribution in [0.3, 0.4) is 0 Å². The molecule has 1 saturated carbocycles. The van der Waals surface area contributed by atoms with Crippen molar-refractivity contribution < 1.29 is 38.1 Å². The molecule has 1 spiro atoms. The van der Waals surface area contributed by atoms with Gasteiger partial charge in [0.1, 0.15) is 5.60 Å². The molecule has 1 aliphatic heterocycles. The van der Waals surface area contributed by atoms with Gasteiger partial charge < -0.3 is 23.7 Å². The first-order chi connectivity index (χ1) is 13.3. The lowest BCUT2D eigenvalue weighted by Crippen LogP contribution is -2.57. The summed E-state index contributed by atoms with van der Waals surface area (Å²) in [5, 5.41) is 0. The Balaban J connectivity index is 1.70. The fourth-order valence-corrected chi connectivity index (χ4v) is 3.67. The van der Waals surface area contributed by atoms with E-state index in [-0.39, 0.29) is 6.10 Å². The summed E-state index contributed by atoms with van der Waals surface area (Å²) in [6, 6.07) is 9.74. The largest absolute Gasteiger partial charge is 0.455 e. The minimum Gasteiger partial charge on any atom is -0.455 e. The zero-order valence-corrected chi connectivity index (χ0v) is 16.1. The number of ether oxygens (including phenoxy) is 5. The van der Waals surface area contributed by atoms with E-state index in [9.17, 15) is 14.4 Å². The first-order valence-electron chi connectivity index (χ1n) is 9.14.